The molecule has 1 fully saturated rings. The van der Waals surface area contributed by atoms with E-state index in [1.165, 1.54) is 5.57 Å². The summed E-state index contributed by atoms with van der Waals surface area (Å²) in [4.78, 5) is 40.6. The van der Waals surface area contributed by atoms with Gasteiger partial charge < -0.3 is 4.90 Å². The minimum atomic E-state index is -1.000. The van der Waals surface area contributed by atoms with Crippen LogP contribution in [0.1, 0.15) is 43.9 Å². The maximum absolute atomic E-state index is 11.8. The molecule has 1 saturated heterocycles. The van der Waals surface area contributed by atoms with Gasteiger partial charge in [-0.25, -0.2) is 0 Å². The van der Waals surface area contributed by atoms with Gasteiger partial charge in [0.25, 0.3) is 5.91 Å². The second-order valence-corrected chi connectivity index (χ2v) is 9.44. The highest BCUT2D eigenvalue weighted by Crippen LogP contribution is 2.47. The monoisotopic (exact) mass is 489 g/mol. The van der Waals surface area contributed by atoms with E-state index in [1.54, 1.807) is 18.0 Å². The SMILES string of the molecule is CC1(N=O)CC2=C(C=C1Cl)CCc1cc(Br)cnc1C2=C1CCN(C(=O)C=O)CC1. The smallest absolute Gasteiger partial charge is 0.286 e. The van der Waals surface area contributed by atoms with Crippen molar-refractivity contribution in [3.63, 3.8) is 0 Å². The summed E-state index contributed by atoms with van der Waals surface area (Å²) in [6.07, 6.45) is 7.42. The predicted molar refractivity (Wildman–Crippen MR) is 119 cm³/mol. The molecule has 0 spiro atoms. The first-order valence-electron chi connectivity index (χ1n) is 9.92. The van der Waals surface area contributed by atoms with Crippen LogP contribution in [0.3, 0.4) is 0 Å². The number of fused-ring (bicyclic) bond motifs is 1. The van der Waals surface area contributed by atoms with E-state index in [1.807, 2.05) is 6.08 Å². The van der Waals surface area contributed by atoms with Crippen LogP contribution in [0.15, 0.2) is 49.7 Å². The van der Waals surface area contributed by atoms with Crippen LogP contribution in [-0.2, 0) is 16.0 Å². The molecule has 1 aromatic rings. The number of carbonyl (C=O) groups is 2. The quantitative estimate of drug-likeness (QED) is 0.341. The Kier molecular flexibility index (Phi) is 5.77. The number of nitroso groups, excluding NO2 is 1. The van der Waals surface area contributed by atoms with Crippen LogP contribution >= 0.6 is 27.5 Å². The molecule has 1 amide bonds. The molecule has 30 heavy (non-hydrogen) atoms. The number of carbonyl (C=O) groups excluding carboxylic acids is 2. The van der Waals surface area contributed by atoms with Gasteiger partial charge in [0.1, 0.15) is 5.54 Å². The third kappa shape index (κ3) is 3.69. The van der Waals surface area contributed by atoms with E-state index in [0.29, 0.717) is 43.7 Å². The Morgan fingerprint density at radius 1 is 1.30 bits per heavy atom. The molecule has 4 rings (SSSR count). The fraction of sp³-hybridized carbons (Fsp3) is 0.409. The minimum absolute atomic E-state index is 0.369. The molecule has 156 valence electrons. The van der Waals surface area contributed by atoms with Crippen molar-refractivity contribution >= 4 is 45.3 Å². The molecule has 2 aliphatic carbocycles. The lowest BCUT2D eigenvalue weighted by Gasteiger charge is -2.33. The highest BCUT2D eigenvalue weighted by Gasteiger charge is 2.39. The number of rotatable bonds is 2. The number of hydrogen-bond donors (Lipinski definition) is 0. The third-order valence-corrected chi connectivity index (χ3v) is 7.14. The lowest BCUT2D eigenvalue weighted by atomic mass is 9.78. The zero-order valence-corrected chi connectivity index (χ0v) is 18.9. The molecular weight excluding hydrogens is 470 g/mol. The van der Waals surface area contributed by atoms with Crippen molar-refractivity contribution in [2.24, 2.45) is 5.18 Å². The van der Waals surface area contributed by atoms with Crippen molar-refractivity contribution in [3.8, 4) is 0 Å². The Bertz CT molecular complexity index is 1040. The fourth-order valence-corrected chi connectivity index (χ4v) is 5.11. The molecular formula is C22H21BrClN3O3. The summed E-state index contributed by atoms with van der Waals surface area (Å²) in [5.41, 5.74) is 5.49. The zero-order valence-electron chi connectivity index (χ0n) is 16.6. The Morgan fingerprint density at radius 3 is 2.70 bits per heavy atom. The van der Waals surface area contributed by atoms with Crippen LogP contribution in [0.2, 0.25) is 0 Å². The van der Waals surface area contributed by atoms with Crippen LogP contribution in [0.4, 0.5) is 0 Å². The van der Waals surface area contributed by atoms with Gasteiger partial charge in [-0.3, -0.25) is 14.6 Å². The normalized spacial score (nSPS) is 24.0. The largest absolute Gasteiger partial charge is 0.336 e. The number of likely N-dealkylation sites (tertiary alicyclic amines) is 1. The van der Waals surface area contributed by atoms with Crippen LogP contribution in [-0.4, -0.2) is 40.7 Å². The summed E-state index contributed by atoms with van der Waals surface area (Å²) in [5.74, 6) is -0.479. The average molecular weight is 491 g/mol. The van der Waals surface area contributed by atoms with Crippen molar-refractivity contribution in [2.75, 3.05) is 13.1 Å². The van der Waals surface area contributed by atoms with Crippen LogP contribution in [0.5, 0.6) is 0 Å². The van der Waals surface area contributed by atoms with Gasteiger partial charge in [-0.1, -0.05) is 22.4 Å². The van der Waals surface area contributed by atoms with Gasteiger partial charge in [0, 0.05) is 40.8 Å². The number of amides is 1. The number of nitrogens with zero attached hydrogens (tertiary/aromatic N) is 3. The number of aromatic nitrogens is 1. The minimum Gasteiger partial charge on any atom is -0.336 e. The maximum atomic E-state index is 11.8. The Morgan fingerprint density at radius 2 is 2.03 bits per heavy atom. The number of allylic oxidation sites excluding steroid dienone is 3. The van der Waals surface area contributed by atoms with Crippen LogP contribution in [0, 0.1) is 4.91 Å². The van der Waals surface area contributed by atoms with Crippen LogP contribution in [0.25, 0.3) is 5.57 Å². The van der Waals surface area contributed by atoms with Crippen molar-refractivity contribution < 1.29 is 9.59 Å². The number of pyridine rings is 1. The molecule has 6 nitrogen and oxygen atoms in total. The average Bonchev–Trinajstić information content (AvgIpc) is 2.90. The molecule has 0 saturated carbocycles. The van der Waals surface area contributed by atoms with Gasteiger partial charge in [0.05, 0.1) is 5.69 Å². The van der Waals surface area contributed by atoms with Crippen molar-refractivity contribution in [1.82, 2.24) is 9.88 Å². The Labute approximate surface area is 188 Å². The lowest BCUT2D eigenvalue weighted by molar-refractivity contribution is -0.139. The number of piperidine rings is 1. The second kappa shape index (κ2) is 8.19. The van der Waals surface area contributed by atoms with Gasteiger partial charge in [0.2, 0.25) is 6.29 Å². The number of aryl methyl sites for hydroxylation is 1. The first kappa shape index (κ1) is 21.1. The highest BCUT2D eigenvalue weighted by atomic mass is 79.9. The third-order valence-electron chi connectivity index (χ3n) is 6.19. The summed E-state index contributed by atoms with van der Waals surface area (Å²) in [7, 11) is 0. The van der Waals surface area contributed by atoms with Crippen molar-refractivity contribution in [2.45, 2.75) is 44.6 Å². The van der Waals surface area contributed by atoms with Crippen LogP contribution < -0.4 is 0 Å². The summed E-state index contributed by atoms with van der Waals surface area (Å²) in [6.45, 7) is 2.74. The zero-order chi connectivity index (χ0) is 21.5. The topological polar surface area (TPSA) is 79.7 Å². The van der Waals surface area contributed by atoms with E-state index in [0.717, 1.165) is 45.3 Å². The molecule has 0 N–H and O–H groups in total. The standard InChI is InChI=1S/C22H21BrClN3O3/c1-22(26-30)10-17-14(9-18(22)24)2-3-15-8-16(23)11-25-21(15)20(17)13-4-6-27(7-5-13)19(29)12-28/h8-9,11-12H,2-7,10H2,1H3. The maximum Gasteiger partial charge on any atom is 0.286 e. The molecule has 1 unspecified atom stereocenters. The molecule has 0 bridgehead atoms. The van der Waals surface area contributed by atoms with E-state index in [2.05, 4.69) is 27.2 Å². The van der Waals surface area contributed by atoms with Gasteiger partial charge in [-0.15, -0.1) is 4.91 Å². The molecule has 0 radical (unpaired) electrons. The van der Waals surface area contributed by atoms with Gasteiger partial charge in [-0.2, -0.15) is 0 Å². The second-order valence-electron chi connectivity index (χ2n) is 8.12. The van der Waals surface area contributed by atoms with E-state index in [-0.39, 0.29) is 0 Å². The van der Waals surface area contributed by atoms with Crippen molar-refractivity contribution in [1.29, 1.82) is 0 Å². The number of hydrogen-bond acceptors (Lipinski definition) is 5. The fourth-order valence-electron chi connectivity index (χ4n) is 4.50. The molecule has 2 heterocycles. The molecule has 3 aliphatic rings. The van der Waals surface area contributed by atoms with E-state index in [4.69, 9.17) is 16.6 Å². The Hall–Kier alpha value is -2.12. The van der Waals surface area contributed by atoms with E-state index in [9.17, 15) is 14.5 Å². The van der Waals surface area contributed by atoms with Gasteiger partial charge >= 0.3 is 0 Å². The summed E-state index contributed by atoms with van der Waals surface area (Å²) in [5, 5.41) is 3.82. The first-order chi connectivity index (χ1) is 14.4. The lowest BCUT2D eigenvalue weighted by Crippen LogP contribution is -2.37. The number of aldehydes is 1. The number of halogens is 2. The highest BCUT2D eigenvalue weighted by molar-refractivity contribution is 9.10. The molecule has 1 atom stereocenters. The van der Waals surface area contributed by atoms with E-state index < -0.39 is 11.4 Å². The first-order valence-corrected chi connectivity index (χ1v) is 11.1. The molecule has 1 aliphatic heterocycles. The van der Waals surface area contributed by atoms with Crippen molar-refractivity contribution in [3.05, 3.63) is 60.7 Å². The van der Waals surface area contributed by atoms with Gasteiger partial charge in [-0.05, 0) is 77.4 Å². The summed E-state index contributed by atoms with van der Waals surface area (Å²) < 4.78 is 0.921. The predicted octanol–water partition coefficient (Wildman–Crippen LogP) is 4.71. The molecule has 8 heteroatoms. The van der Waals surface area contributed by atoms with Gasteiger partial charge in [0.15, 0.2) is 0 Å². The Balaban J connectivity index is 1.85. The van der Waals surface area contributed by atoms with E-state index >= 15 is 0 Å². The molecule has 0 aromatic carbocycles. The summed E-state index contributed by atoms with van der Waals surface area (Å²) >= 11 is 9.97. The molecule has 1 aromatic heterocycles. The summed E-state index contributed by atoms with van der Waals surface area (Å²) in [6, 6.07) is 2.09.